The van der Waals surface area contributed by atoms with E-state index in [1.165, 1.54) is 43.2 Å². The van der Waals surface area contributed by atoms with E-state index in [0.29, 0.717) is 6.10 Å². The number of hydrogen-bond acceptors (Lipinski definition) is 2. The van der Waals surface area contributed by atoms with Crippen LogP contribution in [0.25, 0.3) is 0 Å². The molecule has 0 radical (unpaired) electrons. The molecule has 0 bridgehead atoms. The fourth-order valence-electron chi connectivity index (χ4n) is 3.49. The van der Waals surface area contributed by atoms with Crippen LogP contribution in [-0.2, 0) is 4.74 Å². The fraction of sp³-hybridized carbons (Fsp3) is 0.684. The van der Waals surface area contributed by atoms with Gasteiger partial charge in [0.15, 0.2) is 0 Å². The first-order valence-electron chi connectivity index (χ1n) is 8.68. The Labute approximate surface area is 130 Å². The molecule has 0 saturated heterocycles. The van der Waals surface area contributed by atoms with E-state index in [2.05, 4.69) is 50.4 Å². The number of nitrogens with one attached hydrogen (secondary N) is 1. The minimum absolute atomic E-state index is 0.184. The first-order chi connectivity index (χ1) is 10.3. The van der Waals surface area contributed by atoms with Crippen molar-refractivity contribution in [2.24, 2.45) is 5.92 Å². The van der Waals surface area contributed by atoms with Crippen LogP contribution < -0.4 is 5.32 Å². The van der Waals surface area contributed by atoms with Crippen molar-refractivity contribution >= 4 is 0 Å². The van der Waals surface area contributed by atoms with Crippen molar-refractivity contribution in [2.45, 2.75) is 65.1 Å². The maximum absolute atomic E-state index is 6.60. The summed E-state index contributed by atoms with van der Waals surface area (Å²) in [6.45, 7) is 8.56. The van der Waals surface area contributed by atoms with Crippen molar-refractivity contribution in [1.82, 2.24) is 5.32 Å². The highest BCUT2D eigenvalue weighted by Gasteiger charge is 2.27. The van der Waals surface area contributed by atoms with Gasteiger partial charge in [-0.25, -0.2) is 0 Å². The molecule has 3 unspecified atom stereocenters. The molecule has 2 heteroatoms. The van der Waals surface area contributed by atoms with E-state index in [0.717, 1.165) is 19.0 Å². The molecule has 0 aromatic heterocycles. The molecule has 0 spiro atoms. The molecular formula is C19H31NO. The first-order valence-corrected chi connectivity index (χ1v) is 8.68. The second-order valence-electron chi connectivity index (χ2n) is 6.28. The summed E-state index contributed by atoms with van der Waals surface area (Å²) in [4.78, 5) is 0. The van der Waals surface area contributed by atoms with Crippen LogP contribution in [0, 0.1) is 12.8 Å². The molecule has 2 nitrogen and oxygen atoms in total. The van der Waals surface area contributed by atoms with E-state index in [1.807, 2.05) is 0 Å². The summed E-state index contributed by atoms with van der Waals surface area (Å²) in [5, 5.41) is 3.47. The molecule has 1 fully saturated rings. The van der Waals surface area contributed by atoms with Crippen molar-refractivity contribution in [3.8, 4) is 0 Å². The highest BCUT2D eigenvalue weighted by Crippen LogP contribution is 2.33. The van der Waals surface area contributed by atoms with Gasteiger partial charge in [-0.05, 0) is 43.4 Å². The Bertz CT molecular complexity index is 418. The van der Waals surface area contributed by atoms with Gasteiger partial charge in [0, 0.05) is 6.54 Å². The van der Waals surface area contributed by atoms with Crippen molar-refractivity contribution in [1.29, 1.82) is 0 Å². The van der Waals surface area contributed by atoms with E-state index in [-0.39, 0.29) is 6.10 Å². The van der Waals surface area contributed by atoms with Gasteiger partial charge in [-0.3, -0.25) is 0 Å². The molecule has 0 amide bonds. The molecule has 1 aromatic rings. The molecule has 1 aliphatic carbocycles. The molecule has 1 aromatic carbocycles. The van der Waals surface area contributed by atoms with Gasteiger partial charge in [-0.1, -0.05) is 57.4 Å². The Morgan fingerprint density at radius 3 is 2.67 bits per heavy atom. The van der Waals surface area contributed by atoms with Crippen LogP contribution in [0.3, 0.4) is 0 Å². The van der Waals surface area contributed by atoms with E-state index in [9.17, 15) is 0 Å². The first kappa shape index (κ1) is 16.5. The predicted octanol–water partition coefficient (Wildman–Crippen LogP) is 4.63. The largest absolute Gasteiger partial charge is 0.369 e. The Kier molecular flexibility index (Phi) is 6.72. The third-order valence-corrected chi connectivity index (χ3v) is 4.82. The van der Waals surface area contributed by atoms with E-state index < -0.39 is 0 Å². The number of rotatable bonds is 7. The second kappa shape index (κ2) is 8.55. The quantitative estimate of drug-likeness (QED) is 0.790. The molecule has 0 aliphatic heterocycles. The van der Waals surface area contributed by atoms with Crippen LogP contribution >= 0.6 is 0 Å². The topological polar surface area (TPSA) is 21.3 Å². The monoisotopic (exact) mass is 289 g/mol. The molecule has 1 N–H and O–H groups in total. The molecule has 118 valence electrons. The van der Waals surface area contributed by atoms with Gasteiger partial charge in [0.2, 0.25) is 0 Å². The third-order valence-electron chi connectivity index (χ3n) is 4.82. The number of likely N-dealkylation sites (N-methyl/N-ethyl adjacent to an activating group) is 1. The summed E-state index contributed by atoms with van der Waals surface area (Å²) in [5.74, 6) is 0.742. The number of aryl methyl sites for hydroxylation is 1. The van der Waals surface area contributed by atoms with Crippen molar-refractivity contribution in [3.05, 3.63) is 35.4 Å². The Balaban J connectivity index is 2.10. The smallest absolute Gasteiger partial charge is 0.0955 e. The maximum Gasteiger partial charge on any atom is 0.0955 e. The van der Waals surface area contributed by atoms with E-state index in [1.54, 1.807) is 0 Å². The lowest BCUT2D eigenvalue weighted by atomic mass is 9.84. The second-order valence-corrected chi connectivity index (χ2v) is 6.28. The van der Waals surface area contributed by atoms with E-state index >= 15 is 0 Å². The maximum atomic E-state index is 6.60. The lowest BCUT2D eigenvalue weighted by Gasteiger charge is -2.34. The molecule has 2 rings (SSSR count). The molecule has 1 aliphatic rings. The summed E-state index contributed by atoms with van der Waals surface area (Å²) in [6, 6.07) is 8.65. The van der Waals surface area contributed by atoms with Gasteiger partial charge in [0.1, 0.15) is 0 Å². The van der Waals surface area contributed by atoms with Crippen molar-refractivity contribution in [3.63, 3.8) is 0 Å². The zero-order chi connectivity index (χ0) is 15.1. The lowest BCUT2D eigenvalue weighted by Crippen LogP contribution is -2.33. The highest BCUT2D eigenvalue weighted by atomic mass is 16.5. The van der Waals surface area contributed by atoms with Gasteiger partial charge in [0.25, 0.3) is 0 Å². The summed E-state index contributed by atoms with van der Waals surface area (Å²) in [5.41, 5.74) is 2.68. The summed E-state index contributed by atoms with van der Waals surface area (Å²) in [6.07, 6.45) is 7.13. The Morgan fingerprint density at radius 2 is 1.95 bits per heavy atom. The number of ether oxygens (including phenoxy) is 1. The average molecular weight is 289 g/mol. The SMILES string of the molecule is CCNCC(OC1CCCCC1CC)c1ccccc1C. The van der Waals surface area contributed by atoms with Crippen LogP contribution in [0.1, 0.15) is 63.2 Å². The lowest BCUT2D eigenvalue weighted by molar-refractivity contribution is -0.0616. The zero-order valence-corrected chi connectivity index (χ0v) is 13.9. The van der Waals surface area contributed by atoms with Crippen LogP contribution in [0.15, 0.2) is 24.3 Å². The van der Waals surface area contributed by atoms with Crippen LogP contribution in [0.5, 0.6) is 0 Å². The van der Waals surface area contributed by atoms with Crippen molar-refractivity contribution in [2.75, 3.05) is 13.1 Å². The summed E-state index contributed by atoms with van der Waals surface area (Å²) >= 11 is 0. The van der Waals surface area contributed by atoms with Crippen LogP contribution in [0.4, 0.5) is 0 Å². The normalized spacial score (nSPS) is 24.0. The van der Waals surface area contributed by atoms with Crippen molar-refractivity contribution < 1.29 is 4.74 Å². The minimum atomic E-state index is 0.184. The highest BCUT2D eigenvalue weighted by molar-refractivity contribution is 5.28. The van der Waals surface area contributed by atoms with Gasteiger partial charge in [0.05, 0.1) is 12.2 Å². The average Bonchev–Trinajstić information content (AvgIpc) is 2.52. The summed E-state index contributed by atoms with van der Waals surface area (Å²) < 4.78 is 6.60. The molecule has 21 heavy (non-hydrogen) atoms. The van der Waals surface area contributed by atoms with E-state index in [4.69, 9.17) is 4.74 Å². The summed E-state index contributed by atoms with van der Waals surface area (Å²) in [7, 11) is 0. The predicted molar refractivity (Wildman–Crippen MR) is 89.6 cm³/mol. The number of hydrogen-bond donors (Lipinski definition) is 1. The molecule has 0 heterocycles. The number of benzene rings is 1. The van der Waals surface area contributed by atoms with Crippen LogP contribution in [0.2, 0.25) is 0 Å². The minimum Gasteiger partial charge on any atom is -0.369 e. The van der Waals surface area contributed by atoms with Gasteiger partial charge < -0.3 is 10.1 Å². The Hall–Kier alpha value is -0.860. The molecular weight excluding hydrogens is 258 g/mol. The molecule has 1 saturated carbocycles. The van der Waals surface area contributed by atoms with Gasteiger partial charge >= 0.3 is 0 Å². The van der Waals surface area contributed by atoms with Gasteiger partial charge in [-0.2, -0.15) is 0 Å². The van der Waals surface area contributed by atoms with Crippen LogP contribution in [-0.4, -0.2) is 19.2 Å². The Morgan fingerprint density at radius 1 is 1.19 bits per heavy atom. The third kappa shape index (κ3) is 4.55. The zero-order valence-electron chi connectivity index (χ0n) is 13.9. The fourth-order valence-corrected chi connectivity index (χ4v) is 3.49. The molecule has 3 atom stereocenters. The standard InChI is InChI=1S/C19H31NO/c1-4-16-11-7-9-13-18(16)21-19(14-20-5-2)17-12-8-6-10-15(17)3/h6,8,10,12,16,18-20H,4-5,7,9,11,13-14H2,1-3H3. The van der Waals surface area contributed by atoms with Gasteiger partial charge in [-0.15, -0.1) is 0 Å².